The third-order valence-electron chi connectivity index (χ3n) is 5.44. The number of ketones is 1. The second-order valence-electron chi connectivity index (χ2n) is 7.44. The molecule has 2 aliphatic rings. The van der Waals surface area contributed by atoms with Crippen molar-refractivity contribution in [3.63, 3.8) is 0 Å². The van der Waals surface area contributed by atoms with Crippen molar-refractivity contribution < 1.29 is 35.9 Å². The molecule has 1 aromatic heterocycles. The van der Waals surface area contributed by atoms with Gasteiger partial charge in [0.1, 0.15) is 5.82 Å². The minimum Gasteiger partial charge on any atom is -0.333 e. The van der Waals surface area contributed by atoms with Gasteiger partial charge in [-0.25, -0.2) is 13.2 Å². The fourth-order valence-corrected chi connectivity index (χ4v) is 3.60. The van der Waals surface area contributed by atoms with Crippen LogP contribution in [0.5, 0.6) is 0 Å². The molecule has 4 rings (SSSR count). The minimum absolute atomic E-state index is 0.0373. The predicted octanol–water partition coefficient (Wildman–Crippen LogP) is 3.11. The van der Waals surface area contributed by atoms with Crippen molar-refractivity contribution in [1.29, 1.82) is 0 Å². The number of aromatic nitrogens is 3. The van der Waals surface area contributed by atoms with E-state index in [1.807, 2.05) is 0 Å². The predicted molar refractivity (Wildman–Crippen MR) is 87.4 cm³/mol. The standard InChI is InChI=1S/C18H14F6N4O2/c19-10-6-12(21)11(20)5-9(10)15(30)17(1-2-17)7-14(29)27-3-4-28-13(8-27)25-26-16(28)18(22,23)24/h5-6H,1-4,7-8H2. The van der Waals surface area contributed by atoms with E-state index in [9.17, 15) is 35.9 Å². The van der Waals surface area contributed by atoms with Gasteiger partial charge < -0.3 is 9.47 Å². The molecule has 2 heterocycles. The van der Waals surface area contributed by atoms with Crippen LogP contribution in [-0.4, -0.2) is 37.9 Å². The van der Waals surface area contributed by atoms with Gasteiger partial charge in [-0.3, -0.25) is 9.59 Å². The average molecular weight is 432 g/mol. The van der Waals surface area contributed by atoms with Crippen LogP contribution in [0.3, 0.4) is 0 Å². The van der Waals surface area contributed by atoms with E-state index in [1.165, 1.54) is 4.90 Å². The smallest absolute Gasteiger partial charge is 0.333 e. The van der Waals surface area contributed by atoms with Crippen LogP contribution in [0.1, 0.15) is 41.3 Å². The third kappa shape index (κ3) is 3.43. The van der Waals surface area contributed by atoms with E-state index in [2.05, 4.69) is 10.2 Å². The number of Topliss-reactive ketones (excluding diaryl/α,β-unsaturated/α-hetero) is 1. The Hall–Kier alpha value is -2.92. The second-order valence-corrected chi connectivity index (χ2v) is 7.44. The molecule has 1 saturated carbocycles. The van der Waals surface area contributed by atoms with Crippen LogP contribution >= 0.6 is 0 Å². The summed E-state index contributed by atoms with van der Waals surface area (Å²) in [4.78, 5) is 26.6. The molecule has 30 heavy (non-hydrogen) atoms. The lowest BCUT2D eigenvalue weighted by molar-refractivity contribution is -0.148. The molecule has 1 aliphatic heterocycles. The van der Waals surface area contributed by atoms with E-state index in [1.54, 1.807) is 0 Å². The molecule has 6 nitrogen and oxygen atoms in total. The summed E-state index contributed by atoms with van der Waals surface area (Å²) in [6.07, 6.45) is -4.46. The van der Waals surface area contributed by atoms with Crippen LogP contribution in [0.2, 0.25) is 0 Å². The normalized spacial score (nSPS) is 17.6. The van der Waals surface area contributed by atoms with Crippen molar-refractivity contribution in [3.8, 4) is 0 Å². The van der Waals surface area contributed by atoms with E-state index >= 15 is 0 Å². The Morgan fingerprint density at radius 2 is 1.67 bits per heavy atom. The number of carbonyl (C=O) groups is 2. The number of fused-ring (bicyclic) bond motifs is 1. The third-order valence-corrected chi connectivity index (χ3v) is 5.44. The van der Waals surface area contributed by atoms with Gasteiger partial charge in [-0.1, -0.05) is 0 Å². The zero-order chi connectivity index (χ0) is 21.8. The monoisotopic (exact) mass is 432 g/mol. The van der Waals surface area contributed by atoms with Crippen LogP contribution in [0, 0.1) is 22.9 Å². The molecule has 1 aliphatic carbocycles. The van der Waals surface area contributed by atoms with E-state index in [4.69, 9.17) is 0 Å². The van der Waals surface area contributed by atoms with E-state index in [0.29, 0.717) is 6.07 Å². The molecule has 160 valence electrons. The maximum Gasteiger partial charge on any atom is 0.451 e. The lowest BCUT2D eigenvalue weighted by atomic mass is 9.90. The van der Waals surface area contributed by atoms with E-state index in [0.717, 1.165) is 4.57 Å². The van der Waals surface area contributed by atoms with Gasteiger partial charge in [0.25, 0.3) is 0 Å². The van der Waals surface area contributed by atoms with Gasteiger partial charge in [-0.2, -0.15) is 13.2 Å². The summed E-state index contributed by atoms with van der Waals surface area (Å²) in [6.45, 7) is -0.426. The molecular weight excluding hydrogens is 418 g/mol. The van der Waals surface area contributed by atoms with Crippen molar-refractivity contribution in [2.24, 2.45) is 5.41 Å². The molecule has 0 bridgehead atoms. The summed E-state index contributed by atoms with van der Waals surface area (Å²) in [5.41, 5.74) is -1.86. The number of hydrogen-bond donors (Lipinski definition) is 0. The molecular formula is C18H14F6N4O2. The maximum atomic E-state index is 14.0. The number of nitrogens with zero attached hydrogens (tertiary/aromatic N) is 4. The highest BCUT2D eigenvalue weighted by molar-refractivity contribution is 6.04. The number of halogens is 6. The number of carbonyl (C=O) groups excluding carboxylic acids is 2. The van der Waals surface area contributed by atoms with Crippen molar-refractivity contribution in [3.05, 3.63) is 46.8 Å². The van der Waals surface area contributed by atoms with Gasteiger partial charge in [0.2, 0.25) is 11.7 Å². The lowest BCUT2D eigenvalue weighted by Crippen LogP contribution is -2.41. The van der Waals surface area contributed by atoms with Gasteiger partial charge in [0.15, 0.2) is 23.2 Å². The SMILES string of the molecule is O=C(CC1(C(=O)c2cc(F)c(F)cc2F)CC1)N1CCn2c(nnc2C(F)(F)F)C1. The fourth-order valence-electron chi connectivity index (χ4n) is 3.60. The highest BCUT2D eigenvalue weighted by Crippen LogP contribution is 2.52. The van der Waals surface area contributed by atoms with Gasteiger partial charge in [-0.15, -0.1) is 10.2 Å². The summed E-state index contributed by atoms with van der Waals surface area (Å²) in [7, 11) is 0. The largest absolute Gasteiger partial charge is 0.451 e. The number of benzene rings is 1. The van der Waals surface area contributed by atoms with Crippen LogP contribution < -0.4 is 0 Å². The van der Waals surface area contributed by atoms with E-state index in [-0.39, 0.29) is 50.8 Å². The van der Waals surface area contributed by atoms with Crippen molar-refractivity contribution in [2.75, 3.05) is 6.54 Å². The Balaban J connectivity index is 1.49. The van der Waals surface area contributed by atoms with Gasteiger partial charge >= 0.3 is 6.18 Å². The Morgan fingerprint density at radius 1 is 1.00 bits per heavy atom. The molecule has 0 unspecified atom stereocenters. The molecule has 0 atom stereocenters. The first-order valence-electron chi connectivity index (χ1n) is 8.98. The van der Waals surface area contributed by atoms with Gasteiger partial charge in [-0.05, 0) is 18.9 Å². The summed E-state index contributed by atoms with van der Waals surface area (Å²) < 4.78 is 80.1. The quantitative estimate of drug-likeness (QED) is 0.423. The average Bonchev–Trinajstić information content (AvgIpc) is 3.31. The molecule has 12 heteroatoms. The Morgan fingerprint density at radius 3 is 2.30 bits per heavy atom. The second kappa shape index (κ2) is 6.81. The zero-order valence-corrected chi connectivity index (χ0v) is 15.3. The fraction of sp³-hybridized carbons (Fsp3) is 0.444. The van der Waals surface area contributed by atoms with Gasteiger partial charge in [0.05, 0.1) is 12.1 Å². The minimum atomic E-state index is -4.67. The number of amides is 1. The summed E-state index contributed by atoms with van der Waals surface area (Å²) in [6, 6.07) is 0.746. The molecule has 1 fully saturated rings. The first-order chi connectivity index (χ1) is 14.0. The van der Waals surface area contributed by atoms with Crippen molar-refractivity contribution in [2.45, 2.75) is 38.5 Å². The highest BCUT2D eigenvalue weighted by atomic mass is 19.4. The molecule has 0 radical (unpaired) electrons. The van der Waals surface area contributed by atoms with Gasteiger partial charge in [0, 0.05) is 31.0 Å². The Bertz CT molecular complexity index is 1040. The molecule has 0 saturated heterocycles. The maximum absolute atomic E-state index is 14.0. The number of rotatable bonds is 4. The van der Waals surface area contributed by atoms with Crippen molar-refractivity contribution in [1.82, 2.24) is 19.7 Å². The van der Waals surface area contributed by atoms with Crippen LogP contribution in [0.15, 0.2) is 12.1 Å². The first kappa shape index (κ1) is 20.4. The summed E-state index contributed by atoms with van der Waals surface area (Å²) in [5, 5.41) is 6.62. The van der Waals surface area contributed by atoms with E-state index < -0.39 is 52.1 Å². The molecule has 1 aromatic carbocycles. The Labute approximate surface area is 165 Å². The lowest BCUT2D eigenvalue weighted by Gasteiger charge is -2.29. The molecule has 0 spiro atoms. The Kier molecular flexibility index (Phi) is 4.62. The summed E-state index contributed by atoms with van der Waals surface area (Å²) in [5.74, 6) is -6.53. The number of hydrogen-bond acceptors (Lipinski definition) is 4. The van der Waals surface area contributed by atoms with Crippen molar-refractivity contribution >= 4 is 11.7 Å². The number of alkyl halides is 3. The zero-order valence-electron chi connectivity index (χ0n) is 15.3. The van der Waals surface area contributed by atoms with Crippen LogP contribution in [0.25, 0.3) is 0 Å². The molecule has 0 N–H and O–H groups in total. The first-order valence-corrected chi connectivity index (χ1v) is 8.98. The molecule has 2 aromatic rings. The van der Waals surface area contributed by atoms with Crippen LogP contribution in [0.4, 0.5) is 26.3 Å². The highest BCUT2D eigenvalue weighted by Gasteiger charge is 2.52. The summed E-state index contributed by atoms with van der Waals surface area (Å²) >= 11 is 0. The topological polar surface area (TPSA) is 68.1 Å². The van der Waals surface area contributed by atoms with Crippen LogP contribution in [-0.2, 0) is 24.1 Å². The molecule has 1 amide bonds.